The van der Waals surface area contributed by atoms with Crippen molar-refractivity contribution >= 4 is 11.7 Å². The van der Waals surface area contributed by atoms with Gasteiger partial charge >= 0.3 is 0 Å². The average molecular weight is 387 g/mol. The summed E-state index contributed by atoms with van der Waals surface area (Å²) < 4.78 is 0. The van der Waals surface area contributed by atoms with Gasteiger partial charge in [0.2, 0.25) is 0 Å². The zero-order chi connectivity index (χ0) is 21.4. The first-order valence-electron chi connectivity index (χ1n) is 8.42. The number of amides is 1. The Morgan fingerprint density at radius 3 is 2.62 bits per heavy atom. The number of phenols is 1. The Labute approximate surface area is 168 Å². The number of nitrogens with zero attached hydrogens (tertiary/aromatic N) is 5. The summed E-state index contributed by atoms with van der Waals surface area (Å²) in [5, 5.41) is 38.7. The maximum atomic E-state index is 12.5. The number of aromatic nitrogens is 2. The first kappa shape index (κ1) is 21.0. The normalized spacial score (nSPS) is 10.6. The number of hydrogen-bond donors (Lipinski definition) is 2. The van der Waals surface area contributed by atoms with Crippen molar-refractivity contribution in [1.82, 2.24) is 14.9 Å². The van der Waals surface area contributed by atoms with Gasteiger partial charge in [-0.25, -0.2) is 0 Å². The van der Waals surface area contributed by atoms with Crippen LogP contribution >= 0.6 is 0 Å². The quantitative estimate of drug-likeness (QED) is 0.354. The van der Waals surface area contributed by atoms with Gasteiger partial charge in [-0.3, -0.25) is 14.8 Å². The first-order valence-corrected chi connectivity index (χ1v) is 8.42. The van der Waals surface area contributed by atoms with Crippen LogP contribution in [0.4, 0.5) is 0 Å². The van der Waals surface area contributed by atoms with Crippen molar-refractivity contribution in [3.63, 3.8) is 0 Å². The number of rotatable bonds is 4. The van der Waals surface area contributed by atoms with Gasteiger partial charge in [-0.05, 0) is 24.6 Å². The molecule has 0 saturated heterocycles. The molecule has 8 nitrogen and oxygen atoms in total. The maximum Gasteiger partial charge on any atom is 0.268 e. The Morgan fingerprint density at radius 2 is 2.00 bits per heavy atom. The number of aryl methyl sites for hydroxylation is 1. The van der Waals surface area contributed by atoms with E-state index in [0.29, 0.717) is 17.7 Å². The third-order valence-electron chi connectivity index (χ3n) is 3.93. The Hall–Kier alpha value is -4.35. The smallest absolute Gasteiger partial charge is 0.268 e. The van der Waals surface area contributed by atoms with Crippen LogP contribution in [0.5, 0.6) is 5.75 Å². The van der Waals surface area contributed by atoms with Crippen LogP contribution in [0.3, 0.4) is 0 Å². The molecule has 2 N–H and O–H groups in total. The van der Waals surface area contributed by atoms with E-state index in [1.807, 2.05) is 0 Å². The molecule has 0 bridgehead atoms. The van der Waals surface area contributed by atoms with E-state index >= 15 is 0 Å². The lowest BCUT2D eigenvalue weighted by atomic mass is 10.0. The van der Waals surface area contributed by atoms with Gasteiger partial charge in [-0.15, -0.1) is 0 Å². The van der Waals surface area contributed by atoms with E-state index in [2.05, 4.69) is 21.8 Å². The highest BCUT2D eigenvalue weighted by Crippen LogP contribution is 2.27. The fraction of sp³-hybridized carbons (Fsp3) is 0.190. The van der Waals surface area contributed by atoms with Gasteiger partial charge < -0.3 is 15.1 Å². The Kier molecular flexibility index (Phi) is 6.90. The van der Waals surface area contributed by atoms with Crippen LogP contribution in [0.25, 0.3) is 5.76 Å². The Bertz CT molecular complexity index is 1100. The Morgan fingerprint density at radius 1 is 1.24 bits per heavy atom. The van der Waals surface area contributed by atoms with Crippen LogP contribution in [0.1, 0.15) is 22.4 Å². The zero-order valence-electron chi connectivity index (χ0n) is 15.8. The SMILES string of the molecule is Cc1cc(/C(O)=C(\C#N)C(=O)N(C)CC#CCc2cnccn2)cc(C#N)c1O. The lowest BCUT2D eigenvalue weighted by Crippen LogP contribution is -2.28. The van der Waals surface area contributed by atoms with Crippen LogP contribution in [-0.4, -0.2) is 44.6 Å². The summed E-state index contributed by atoms with van der Waals surface area (Å²) in [5.74, 6) is 4.16. The molecule has 1 aromatic heterocycles. The highest BCUT2D eigenvalue weighted by molar-refractivity contribution is 6.03. The van der Waals surface area contributed by atoms with Crippen molar-refractivity contribution in [2.75, 3.05) is 13.6 Å². The molecule has 0 fully saturated rings. The number of nitriles is 2. The zero-order valence-corrected chi connectivity index (χ0v) is 15.8. The Balaban J connectivity index is 2.20. The van der Waals surface area contributed by atoms with Crippen molar-refractivity contribution < 1.29 is 15.0 Å². The van der Waals surface area contributed by atoms with Crippen molar-refractivity contribution in [2.24, 2.45) is 0 Å². The molecule has 8 heteroatoms. The third kappa shape index (κ3) is 5.09. The van der Waals surface area contributed by atoms with E-state index in [1.54, 1.807) is 37.7 Å². The van der Waals surface area contributed by atoms with Crippen LogP contribution in [0.2, 0.25) is 0 Å². The number of carbonyl (C=O) groups is 1. The van der Waals surface area contributed by atoms with Crippen LogP contribution in [0.15, 0.2) is 36.3 Å². The molecule has 0 spiro atoms. The number of aliphatic hydroxyl groups excluding tert-OH is 1. The number of carbonyl (C=O) groups excluding carboxylic acids is 1. The molecule has 0 aliphatic rings. The fourth-order valence-electron chi connectivity index (χ4n) is 2.36. The second-order valence-corrected chi connectivity index (χ2v) is 6.02. The molecule has 29 heavy (non-hydrogen) atoms. The maximum absolute atomic E-state index is 12.5. The molecule has 1 heterocycles. The molecule has 2 aromatic rings. The summed E-state index contributed by atoms with van der Waals surface area (Å²) >= 11 is 0. The van der Waals surface area contributed by atoms with Gasteiger partial charge in [-0.1, -0.05) is 11.8 Å². The van der Waals surface area contributed by atoms with Crippen molar-refractivity contribution in [2.45, 2.75) is 13.3 Å². The van der Waals surface area contributed by atoms with Gasteiger partial charge in [0.15, 0.2) is 5.57 Å². The molecule has 0 radical (unpaired) electrons. The minimum absolute atomic E-state index is 0.0373. The summed E-state index contributed by atoms with van der Waals surface area (Å²) in [4.78, 5) is 21.8. The van der Waals surface area contributed by atoms with Gasteiger partial charge in [0.25, 0.3) is 5.91 Å². The predicted octanol–water partition coefficient (Wildman–Crippen LogP) is 1.86. The first-order chi connectivity index (χ1) is 13.9. The molecule has 0 aliphatic carbocycles. The van der Waals surface area contributed by atoms with E-state index in [4.69, 9.17) is 5.26 Å². The lowest BCUT2D eigenvalue weighted by Gasteiger charge is -2.14. The number of aromatic hydroxyl groups is 1. The van der Waals surface area contributed by atoms with E-state index < -0.39 is 17.2 Å². The molecule has 1 amide bonds. The minimum atomic E-state index is -0.719. The third-order valence-corrected chi connectivity index (χ3v) is 3.93. The van der Waals surface area contributed by atoms with Gasteiger partial charge in [0.05, 0.1) is 24.2 Å². The molecule has 2 rings (SSSR count). The molecular weight excluding hydrogens is 370 g/mol. The molecular formula is C21H17N5O3. The summed E-state index contributed by atoms with van der Waals surface area (Å²) in [5.41, 5.74) is 0.555. The monoisotopic (exact) mass is 387 g/mol. The molecule has 0 unspecified atom stereocenters. The molecule has 0 saturated carbocycles. The fourth-order valence-corrected chi connectivity index (χ4v) is 2.36. The highest BCUT2D eigenvalue weighted by Gasteiger charge is 2.21. The second kappa shape index (κ2) is 9.55. The highest BCUT2D eigenvalue weighted by atomic mass is 16.3. The van der Waals surface area contributed by atoms with Gasteiger partial charge in [0.1, 0.15) is 23.6 Å². The molecule has 144 valence electrons. The summed E-state index contributed by atoms with van der Waals surface area (Å²) in [6.45, 7) is 1.58. The van der Waals surface area contributed by atoms with Crippen molar-refractivity contribution in [3.05, 3.63) is 58.7 Å². The average Bonchev–Trinajstić information content (AvgIpc) is 2.73. The molecule has 1 aromatic carbocycles. The number of likely N-dealkylation sites (N-methyl/N-ethyl adjacent to an activating group) is 1. The summed E-state index contributed by atoms with van der Waals surface area (Å²) in [6.07, 6.45) is 5.07. The largest absolute Gasteiger partial charge is 0.506 e. The van der Waals surface area contributed by atoms with Crippen LogP contribution in [-0.2, 0) is 11.2 Å². The summed E-state index contributed by atoms with van der Waals surface area (Å²) in [7, 11) is 1.45. The second-order valence-electron chi connectivity index (χ2n) is 6.02. The van der Waals surface area contributed by atoms with Crippen LogP contribution in [0, 0.1) is 41.4 Å². The summed E-state index contributed by atoms with van der Waals surface area (Å²) in [6, 6.07) is 6.09. The molecule has 0 atom stereocenters. The number of phenolic OH excluding ortho intramolecular Hbond substituents is 1. The minimum Gasteiger partial charge on any atom is -0.506 e. The number of aliphatic hydroxyl groups is 1. The van der Waals surface area contributed by atoms with E-state index in [0.717, 1.165) is 0 Å². The van der Waals surface area contributed by atoms with E-state index in [9.17, 15) is 20.3 Å². The van der Waals surface area contributed by atoms with Gasteiger partial charge in [-0.2, -0.15) is 10.5 Å². The van der Waals surface area contributed by atoms with E-state index in [-0.39, 0.29) is 23.4 Å². The van der Waals surface area contributed by atoms with Crippen LogP contribution < -0.4 is 0 Å². The van der Waals surface area contributed by atoms with Crippen molar-refractivity contribution in [1.29, 1.82) is 10.5 Å². The van der Waals surface area contributed by atoms with Gasteiger partial charge in [0, 0.05) is 31.2 Å². The predicted molar refractivity (Wildman–Crippen MR) is 104 cm³/mol. The number of hydrogen-bond acceptors (Lipinski definition) is 7. The lowest BCUT2D eigenvalue weighted by molar-refractivity contribution is -0.124. The van der Waals surface area contributed by atoms with Crippen molar-refractivity contribution in [3.8, 4) is 29.7 Å². The standard InChI is InChI=1S/C21H17N5O3/c1-14-9-15(10-16(11-22)19(14)27)20(28)18(12-23)21(29)26(2)8-4-3-5-17-13-24-6-7-25-17/h6-7,9-10,13,27-28H,5,8H2,1-2H3/b20-18-. The number of benzene rings is 1. The molecule has 0 aliphatic heterocycles. The topological polar surface area (TPSA) is 134 Å². The van der Waals surface area contributed by atoms with E-state index in [1.165, 1.54) is 24.1 Å².